The van der Waals surface area contributed by atoms with E-state index in [1.165, 1.54) is 0 Å². The molecule has 2 rings (SSSR count). The molecule has 1 atom stereocenters. The lowest BCUT2D eigenvalue weighted by Gasteiger charge is -2.29. The molecule has 0 spiro atoms. The van der Waals surface area contributed by atoms with Crippen LogP contribution in [0.15, 0.2) is 0 Å². The summed E-state index contributed by atoms with van der Waals surface area (Å²) in [4.78, 5) is 25.8. The second kappa shape index (κ2) is 5.49. The predicted octanol–water partition coefficient (Wildman–Crippen LogP) is 0.665. The highest BCUT2D eigenvalue weighted by molar-refractivity contribution is 5.89. The molecule has 1 saturated carbocycles. The summed E-state index contributed by atoms with van der Waals surface area (Å²) in [6.45, 7) is 4.42. The first-order valence-corrected chi connectivity index (χ1v) is 7.20. The van der Waals surface area contributed by atoms with Crippen molar-refractivity contribution < 1.29 is 14.7 Å². The van der Waals surface area contributed by atoms with E-state index >= 15 is 0 Å². The third-order valence-electron chi connectivity index (χ3n) is 4.40. The van der Waals surface area contributed by atoms with Crippen LogP contribution in [0, 0.1) is 5.92 Å². The Morgan fingerprint density at radius 1 is 1.47 bits per heavy atom. The molecule has 2 N–H and O–H groups in total. The van der Waals surface area contributed by atoms with Crippen molar-refractivity contribution in [3.8, 4) is 0 Å². The highest BCUT2D eigenvalue weighted by Gasteiger charge is 2.40. The maximum atomic E-state index is 12.3. The Morgan fingerprint density at radius 3 is 2.58 bits per heavy atom. The smallest absolute Gasteiger partial charge is 0.225 e. The van der Waals surface area contributed by atoms with Gasteiger partial charge >= 0.3 is 0 Å². The molecule has 1 aliphatic carbocycles. The summed E-state index contributed by atoms with van der Waals surface area (Å²) in [6.07, 6.45) is 4.06. The lowest BCUT2D eigenvalue weighted by atomic mass is 9.97. The zero-order chi connectivity index (χ0) is 14.0. The molecule has 0 aromatic rings. The van der Waals surface area contributed by atoms with E-state index in [4.69, 9.17) is 0 Å². The van der Waals surface area contributed by atoms with E-state index in [9.17, 15) is 14.7 Å². The van der Waals surface area contributed by atoms with Crippen LogP contribution in [0.2, 0.25) is 0 Å². The third-order valence-corrected chi connectivity index (χ3v) is 4.40. The molecule has 1 heterocycles. The molecule has 0 radical (unpaired) electrons. The Balaban J connectivity index is 1.96. The number of nitrogens with one attached hydrogen (secondary N) is 1. The van der Waals surface area contributed by atoms with Crippen molar-refractivity contribution in [2.24, 2.45) is 5.92 Å². The van der Waals surface area contributed by atoms with Crippen LogP contribution in [-0.2, 0) is 9.59 Å². The van der Waals surface area contributed by atoms with Crippen LogP contribution < -0.4 is 5.32 Å². The van der Waals surface area contributed by atoms with Gasteiger partial charge in [-0.1, -0.05) is 12.8 Å². The monoisotopic (exact) mass is 268 g/mol. The van der Waals surface area contributed by atoms with E-state index in [1.807, 2.05) is 13.8 Å². The number of nitrogens with zero attached hydrogens (tertiary/aromatic N) is 1. The molecule has 2 fully saturated rings. The SMILES string of the molecule is CC(C)N1CC(C(=O)NC2(CO)CCCC2)CC1=O. The second-order valence-corrected chi connectivity index (χ2v) is 6.18. The molecule has 5 nitrogen and oxygen atoms in total. The van der Waals surface area contributed by atoms with Gasteiger partial charge < -0.3 is 15.3 Å². The van der Waals surface area contributed by atoms with Crippen LogP contribution in [0.1, 0.15) is 46.0 Å². The minimum atomic E-state index is -0.439. The van der Waals surface area contributed by atoms with Gasteiger partial charge in [-0.25, -0.2) is 0 Å². The standard InChI is InChI=1S/C14H24N2O3/c1-10(2)16-8-11(7-12(16)18)13(19)15-14(9-17)5-3-4-6-14/h10-11,17H,3-9H2,1-2H3,(H,15,19). The quantitative estimate of drug-likeness (QED) is 0.787. The Morgan fingerprint density at radius 2 is 2.11 bits per heavy atom. The van der Waals surface area contributed by atoms with E-state index in [1.54, 1.807) is 4.90 Å². The second-order valence-electron chi connectivity index (χ2n) is 6.18. The predicted molar refractivity (Wildman–Crippen MR) is 71.4 cm³/mol. The van der Waals surface area contributed by atoms with Crippen LogP contribution in [0.25, 0.3) is 0 Å². The summed E-state index contributed by atoms with van der Waals surface area (Å²) in [5, 5.41) is 12.5. The maximum Gasteiger partial charge on any atom is 0.225 e. The number of rotatable bonds is 4. The fourth-order valence-corrected chi connectivity index (χ4v) is 3.14. The van der Waals surface area contributed by atoms with Crippen LogP contribution in [0.4, 0.5) is 0 Å². The minimum absolute atomic E-state index is 0.00665. The lowest BCUT2D eigenvalue weighted by Crippen LogP contribution is -2.51. The van der Waals surface area contributed by atoms with Crippen LogP contribution in [0.5, 0.6) is 0 Å². The first-order chi connectivity index (χ1) is 8.97. The van der Waals surface area contributed by atoms with E-state index < -0.39 is 5.54 Å². The van der Waals surface area contributed by atoms with Crippen LogP contribution in [-0.4, -0.2) is 46.6 Å². The van der Waals surface area contributed by atoms with E-state index in [2.05, 4.69) is 5.32 Å². The molecule has 5 heteroatoms. The molecule has 1 aliphatic heterocycles. The van der Waals surface area contributed by atoms with Crippen molar-refractivity contribution in [3.05, 3.63) is 0 Å². The molecule has 108 valence electrons. The molecule has 0 bridgehead atoms. The van der Waals surface area contributed by atoms with Gasteiger partial charge in [-0.15, -0.1) is 0 Å². The van der Waals surface area contributed by atoms with Crippen LogP contribution in [0.3, 0.4) is 0 Å². The average Bonchev–Trinajstić information content (AvgIpc) is 2.96. The van der Waals surface area contributed by atoms with Crippen molar-refractivity contribution in [2.45, 2.75) is 57.5 Å². The van der Waals surface area contributed by atoms with E-state index in [0.717, 1.165) is 25.7 Å². The van der Waals surface area contributed by atoms with Gasteiger partial charge in [0.2, 0.25) is 11.8 Å². The molecular formula is C14H24N2O3. The molecular weight excluding hydrogens is 244 g/mol. The molecule has 2 amide bonds. The molecule has 19 heavy (non-hydrogen) atoms. The molecule has 1 saturated heterocycles. The van der Waals surface area contributed by atoms with Crippen LogP contribution >= 0.6 is 0 Å². The summed E-state index contributed by atoms with van der Waals surface area (Å²) in [5.74, 6) is -0.286. The minimum Gasteiger partial charge on any atom is -0.394 e. The molecule has 0 aromatic carbocycles. The van der Waals surface area contributed by atoms with Gasteiger partial charge in [0.15, 0.2) is 0 Å². The first-order valence-electron chi connectivity index (χ1n) is 7.20. The van der Waals surface area contributed by atoms with Gasteiger partial charge in [0.1, 0.15) is 0 Å². The highest BCUT2D eigenvalue weighted by atomic mass is 16.3. The first kappa shape index (κ1) is 14.3. The summed E-state index contributed by atoms with van der Waals surface area (Å²) >= 11 is 0. The summed E-state index contributed by atoms with van der Waals surface area (Å²) in [5.41, 5.74) is -0.439. The largest absolute Gasteiger partial charge is 0.394 e. The van der Waals surface area contributed by atoms with Crippen molar-refractivity contribution in [1.82, 2.24) is 10.2 Å². The molecule has 0 aromatic heterocycles. The highest BCUT2D eigenvalue weighted by Crippen LogP contribution is 2.30. The van der Waals surface area contributed by atoms with Gasteiger partial charge in [0.25, 0.3) is 0 Å². The number of hydrogen-bond donors (Lipinski definition) is 2. The number of aliphatic hydroxyl groups is 1. The maximum absolute atomic E-state index is 12.3. The number of amides is 2. The number of aliphatic hydroxyl groups excluding tert-OH is 1. The van der Waals surface area contributed by atoms with Crippen molar-refractivity contribution in [2.75, 3.05) is 13.2 Å². The summed E-state index contributed by atoms with van der Waals surface area (Å²) in [6, 6.07) is 0.142. The zero-order valence-corrected chi connectivity index (χ0v) is 11.8. The van der Waals surface area contributed by atoms with Gasteiger partial charge in [-0.05, 0) is 26.7 Å². The Kier molecular flexibility index (Phi) is 4.13. The third kappa shape index (κ3) is 2.91. The van der Waals surface area contributed by atoms with Crippen molar-refractivity contribution in [1.29, 1.82) is 0 Å². The van der Waals surface area contributed by atoms with Crippen molar-refractivity contribution in [3.63, 3.8) is 0 Å². The van der Waals surface area contributed by atoms with Gasteiger partial charge in [-0.3, -0.25) is 9.59 Å². The number of carbonyl (C=O) groups excluding carboxylic acids is 2. The van der Waals surface area contributed by atoms with E-state index in [-0.39, 0.29) is 30.4 Å². The number of carbonyl (C=O) groups is 2. The fraction of sp³-hybridized carbons (Fsp3) is 0.857. The summed E-state index contributed by atoms with van der Waals surface area (Å²) < 4.78 is 0. The topological polar surface area (TPSA) is 69.6 Å². The average molecular weight is 268 g/mol. The van der Waals surface area contributed by atoms with Crippen molar-refractivity contribution >= 4 is 11.8 Å². The Hall–Kier alpha value is -1.10. The van der Waals surface area contributed by atoms with E-state index in [0.29, 0.717) is 13.0 Å². The fourth-order valence-electron chi connectivity index (χ4n) is 3.14. The zero-order valence-electron chi connectivity index (χ0n) is 11.8. The molecule has 2 aliphatic rings. The number of likely N-dealkylation sites (tertiary alicyclic amines) is 1. The summed E-state index contributed by atoms with van der Waals surface area (Å²) in [7, 11) is 0. The Bertz CT molecular complexity index is 362. The Labute approximate surface area is 114 Å². The van der Waals surface area contributed by atoms with Gasteiger partial charge in [-0.2, -0.15) is 0 Å². The van der Waals surface area contributed by atoms with Gasteiger partial charge in [0, 0.05) is 19.0 Å². The number of hydrogen-bond acceptors (Lipinski definition) is 3. The normalized spacial score (nSPS) is 26.2. The molecule has 1 unspecified atom stereocenters. The lowest BCUT2D eigenvalue weighted by molar-refractivity contribution is -0.130. The van der Waals surface area contributed by atoms with Gasteiger partial charge in [0.05, 0.1) is 18.1 Å².